The maximum atomic E-state index is 12.5. The molecule has 1 saturated heterocycles. The second-order valence-electron chi connectivity index (χ2n) is 7.10. The maximum absolute atomic E-state index is 12.5. The molecule has 2 aromatic rings. The number of carbonyl (C=O) groups is 2. The summed E-state index contributed by atoms with van der Waals surface area (Å²) in [6, 6.07) is 14.6. The van der Waals surface area contributed by atoms with E-state index in [-0.39, 0.29) is 17.2 Å². The van der Waals surface area contributed by atoms with Gasteiger partial charge < -0.3 is 26.2 Å². The second-order valence-corrected chi connectivity index (χ2v) is 8.75. The van der Waals surface area contributed by atoms with E-state index in [0.717, 1.165) is 24.0 Å². The van der Waals surface area contributed by atoms with Crippen LogP contribution < -0.4 is 15.4 Å². The van der Waals surface area contributed by atoms with Crippen LogP contribution in [0.15, 0.2) is 60.7 Å². The summed E-state index contributed by atoms with van der Waals surface area (Å²) in [6.07, 6.45) is 5.71. The molecule has 0 radical (unpaired) electrons. The van der Waals surface area contributed by atoms with E-state index in [2.05, 4.69) is 10.6 Å². The SMILES string of the molecule is CC(=N)/C=C\C=N.O=CNC[C@@H]1CCS[C@H](c2ccc(Oc3ccc(Cl)cc3)cc2)C(=O)N1. The average Bonchev–Trinajstić information content (AvgIpc) is 2.99. The zero-order valence-electron chi connectivity index (χ0n) is 18.2. The van der Waals surface area contributed by atoms with Crippen LogP contribution in [0.2, 0.25) is 5.02 Å². The van der Waals surface area contributed by atoms with Crippen molar-refractivity contribution in [3.05, 3.63) is 71.3 Å². The fourth-order valence-corrected chi connectivity index (χ4v) is 4.24. The minimum absolute atomic E-state index is 0.0299. The quantitative estimate of drug-likeness (QED) is 0.317. The molecule has 1 aliphatic rings. The monoisotopic (exact) mass is 486 g/mol. The van der Waals surface area contributed by atoms with E-state index in [4.69, 9.17) is 27.2 Å². The second kappa shape index (κ2) is 14.1. The molecular weight excluding hydrogens is 460 g/mol. The van der Waals surface area contributed by atoms with E-state index in [1.165, 1.54) is 6.08 Å². The van der Waals surface area contributed by atoms with E-state index in [0.29, 0.717) is 35.2 Å². The average molecular weight is 487 g/mol. The van der Waals surface area contributed by atoms with Crippen LogP contribution in [0.5, 0.6) is 11.5 Å². The molecule has 0 aromatic heterocycles. The van der Waals surface area contributed by atoms with Gasteiger partial charge in [0.05, 0.1) is 0 Å². The highest BCUT2D eigenvalue weighted by Gasteiger charge is 2.27. The van der Waals surface area contributed by atoms with Gasteiger partial charge in [0.25, 0.3) is 0 Å². The number of nitrogens with one attached hydrogen (secondary N) is 4. The minimum atomic E-state index is -0.263. The van der Waals surface area contributed by atoms with Crippen LogP contribution in [0.1, 0.15) is 24.2 Å². The van der Waals surface area contributed by atoms with E-state index in [1.807, 2.05) is 24.3 Å². The Hall–Kier alpha value is -3.10. The molecule has 2 aromatic carbocycles. The molecule has 2 atom stereocenters. The van der Waals surface area contributed by atoms with Crippen LogP contribution in [-0.4, -0.2) is 42.6 Å². The molecule has 7 nitrogen and oxygen atoms in total. The van der Waals surface area contributed by atoms with Gasteiger partial charge in [0.15, 0.2) is 0 Å². The lowest BCUT2D eigenvalue weighted by Gasteiger charge is -2.17. The van der Waals surface area contributed by atoms with Gasteiger partial charge in [0.1, 0.15) is 16.7 Å². The van der Waals surface area contributed by atoms with Crippen molar-refractivity contribution in [2.45, 2.75) is 24.6 Å². The lowest BCUT2D eigenvalue weighted by Crippen LogP contribution is -2.42. The van der Waals surface area contributed by atoms with E-state index >= 15 is 0 Å². The summed E-state index contributed by atoms with van der Waals surface area (Å²) < 4.78 is 5.78. The van der Waals surface area contributed by atoms with Crippen molar-refractivity contribution in [3.63, 3.8) is 0 Å². The molecule has 9 heteroatoms. The van der Waals surface area contributed by atoms with Crippen molar-refractivity contribution in [1.29, 1.82) is 10.8 Å². The molecular formula is C24H27ClN4O3S. The molecule has 174 valence electrons. The third-order valence-corrected chi connectivity index (χ3v) is 6.00. The molecule has 0 aliphatic carbocycles. The van der Waals surface area contributed by atoms with Crippen molar-refractivity contribution in [3.8, 4) is 11.5 Å². The zero-order valence-corrected chi connectivity index (χ0v) is 19.8. The molecule has 2 amide bonds. The number of hydrogen-bond acceptors (Lipinski definition) is 6. The first-order chi connectivity index (χ1) is 15.9. The molecule has 1 fully saturated rings. The molecule has 0 bridgehead atoms. The summed E-state index contributed by atoms with van der Waals surface area (Å²) in [5.74, 6) is 2.21. The molecule has 0 saturated carbocycles. The van der Waals surface area contributed by atoms with Gasteiger partial charge in [-0.2, -0.15) is 0 Å². The number of allylic oxidation sites excluding steroid dienone is 2. The Morgan fingerprint density at radius 3 is 2.39 bits per heavy atom. The molecule has 3 rings (SSSR count). The van der Waals surface area contributed by atoms with Crippen LogP contribution in [0.4, 0.5) is 0 Å². The Kier molecular flexibility index (Phi) is 11.2. The maximum Gasteiger partial charge on any atom is 0.237 e. The number of carbonyl (C=O) groups excluding carboxylic acids is 2. The van der Waals surface area contributed by atoms with Gasteiger partial charge in [-0.3, -0.25) is 9.59 Å². The van der Waals surface area contributed by atoms with E-state index < -0.39 is 0 Å². The molecule has 1 aliphatic heterocycles. The summed E-state index contributed by atoms with van der Waals surface area (Å²) in [7, 11) is 0. The first kappa shape index (κ1) is 26.2. The summed E-state index contributed by atoms with van der Waals surface area (Å²) in [5, 5.41) is 19.3. The summed E-state index contributed by atoms with van der Waals surface area (Å²) in [4.78, 5) is 22.9. The van der Waals surface area contributed by atoms with Gasteiger partial charge in [0, 0.05) is 29.5 Å². The van der Waals surface area contributed by atoms with Crippen LogP contribution in [0, 0.1) is 10.8 Å². The van der Waals surface area contributed by atoms with Crippen LogP contribution >= 0.6 is 23.4 Å². The number of amides is 2. The van der Waals surface area contributed by atoms with Crippen molar-refractivity contribution >= 4 is 47.6 Å². The highest BCUT2D eigenvalue weighted by Crippen LogP contribution is 2.33. The highest BCUT2D eigenvalue weighted by atomic mass is 35.5. The highest BCUT2D eigenvalue weighted by molar-refractivity contribution is 8.00. The molecule has 4 N–H and O–H groups in total. The molecule has 0 spiro atoms. The molecule has 1 heterocycles. The third-order valence-electron chi connectivity index (χ3n) is 4.46. The van der Waals surface area contributed by atoms with Gasteiger partial charge in [0.2, 0.25) is 12.3 Å². The van der Waals surface area contributed by atoms with Gasteiger partial charge >= 0.3 is 0 Å². The number of rotatable bonds is 8. The largest absolute Gasteiger partial charge is 0.457 e. The van der Waals surface area contributed by atoms with Crippen molar-refractivity contribution in [1.82, 2.24) is 10.6 Å². The fourth-order valence-electron chi connectivity index (χ4n) is 2.89. The van der Waals surface area contributed by atoms with Crippen molar-refractivity contribution in [2.24, 2.45) is 0 Å². The Balaban J connectivity index is 0.000000479. The lowest BCUT2D eigenvalue weighted by atomic mass is 10.1. The first-order valence-electron chi connectivity index (χ1n) is 10.3. The first-order valence-corrected chi connectivity index (χ1v) is 11.7. The smallest absolute Gasteiger partial charge is 0.237 e. The number of hydrogen-bond donors (Lipinski definition) is 4. The minimum Gasteiger partial charge on any atom is -0.457 e. The van der Waals surface area contributed by atoms with Gasteiger partial charge in [-0.05, 0) is 73.2 Å². The van der Waals surface area contributed by atoms with Crippen LogP contribution in [0.3, 0.4) is 0 Å². The Morgan fingerprint density at radius 1 is 1.21 bits per heavy atom. The Morgan fingerprint density at radius 2 is 1.85 bits per heavy atom. The third kappa shape index (κ3) is 9.51. The molecule has 0 unspecified atom stereocenters. The number of thioether (sulfide) groups is 1. The van der Waals surface area contributed by atoms with Gasteiger partial charge in [-0.1, -0.05) is 23.7 Å². The fraction of sp³-hybridized carbons (Fsp3) is 0.250. The normalized spacial score (nSPS) is 17.7. The standard InChI is InChI=1S/C19H19ClN2O3S.C5H8N2/c20-14-3-7-17(8-4-14)25-16-5-1-13(2-6-16)18-19(24)22-15(9-10-26-18)11-21-12-23;1-5(7)3-2-4-6/h1-8,12,15,18H,9-11H2,(H,21,23)(H,22,24);2-4,6-7H,1H3/b;3-2-,6-4?,7-5?/t15-,18+;/m0./s1. The van der Waals surface area contributed by atoms with E-state index in [9.17, 15) is 9.59 Å². The van der Waals surface area contributed by atoms with Crippen LogP contribution in [0.25, 0.3) is 0 Å². The Bertz CT molecular complexity index is 965. The predicted molar refractivity (Wildman–Crippen MR) is 135 cm³/mol. The lowest BCUT2D eigenvalue weighted by molar-refractivity contribution is -0.121. The van der Waals surface area contributed by atoms with Crippen LogP contribution in [-0.2, 0) is 9.59 Å². The zero-order chi connectivity index (χ0) is 24.1. The predicted octanol–water partition coefficient (Wildman–Crippen LogP) is 4.77. The van der Waals surface area contributed by atoms with Crippen molar-refractivity contribution in [2.75, 3.05) is 12.3 Å². The summed E-state index contributed by atoms with van der Waals surface area (Å²) in [5.41, 5.74) is 1.41. The summed E-state index contributed by atoms with van der Waals surface area (Å²) in [6.45, 7) is 2.12. The van der Waals surface area contributed by atoms with Gasteiger partial charge in [-0.15, -0.1) is 11.8 Å². The Labute approximate surface area is 203 Å². The van der Waals surface area contributed by atoms with E-state index in [1.54, 1.807) is 49.0 Å². The summed E-state index contributed by atoms with van der Waals surface area (Å²) >= 11 is 7.48. The molecule has 33 heavy (non-hydrogen) atoms. The number of ether oxygens (including phenoxy) is 1. The van der Waals surface area contributed by atoms with Crippen molar-refractivity contribution < 1.29 is 14.3 Å². The topological polar surface area (TPSA) is 115 Å². The number of benzene rings is 2. The van der Waals surface area contributed by atoms with Gasteiger partial charge in [-0.25, -0.2) is 0 Å². The number of halogens is 1.